The molecule has 1 aliphatic heterocycles. The first kappa shape index (κ1) is 17.0. The fourth-order valence-corrected chi connectivity index (χ4v) is 5.95. The molecule has 25 heavy (non-hydrogen) atoms. The Bertz CT molecular complexity index is 779. The smallest absolute Gasteiger partial charge is 0.214 e. The second kappa shape index (κ2) is 6.39. The zero-order valence-corrected chi connectivity index (χ0v) is 15.3. The van der Waals surface area contributed by atoms with E-state index in [9.17, 15) is 8.42 Å². The maximum absolute atomic E-state index is 12.0. The van der Waals surface area contributed by atoms with E-state index in [0.29, 0.717) is 5.41 Å². The van der Waals surface area contributed by atoms with Gasteiger partial charge in [0, 0.05) is 12.6 Å². The number of nitrogens with one attached hydrogen (secondary N) is 1. The van der Waals surface area contributed by atoms with Crippen molar-refractivity contribution in [2.45, 2.75) is 56.4 Å². The standard InChI is InChI=1S/C19H25N3O2S/c20-13-15-2-1-3-16(10-15)14-22-8-6-19(7-9-22)11-17(12-19)21-25(23,24)18-4-5-18/h1-3,10,17-18,21H,4-9,11-12,14H2. The Balaban J connectivity index is 1.26. The third-order valence-electron chi connectivity index (χ3n) is 6.03. The Morgan fingerprint density at radius 3 is 2.60 bits per heavy atom. The van der Waals surface area contributed by atoms with E-state index < -0.39 is 10.0 Å². The Hall–Kier alpha value is -1.42. The first-order chi connectivity index (χ1) is 12.0. The van der Waals surface area contributed by atoms with Gasteiger partial charge in [0.05, 0.1) is 16.9 Å². The molecule has 0 amide bonds. The zero-order chi connectivity index (χ0) is 17.5. The van der Waals surface area contributed by atoms with Crippen LogP contribution in [-0.2, 0) is 16.6 Å². The number of benzene rings is 1. The Labute approximate surface area is 150 Å². The van der Waals surface area contributed by atoms with Crippen molar-refractivity contribution in [2.75, 3.05) is 13.1 Å². The molecule has 5 nitrogen and oxygen atoms in total. The van der Waals surface area contributed by atoms with Crippen LogP contribution in [0.1, 0.15) is 49.7 Å². The van der Waals surface area contributed by atoms with Gasteiger partial charge in [-0.3, -0.25) is 4.90 Å². The number of likely N-dealkylation sites (tertiary alicyclic amines) is 1. The molecule has 134 valence electrons. The molecule has 6 heteroatoms. The molecule has 0 aromatic heterocycles. The molecule has 2 saturated carbocycles. The highest BCUT2D eigenvalue weighted by molar-refractivity contribution is 7.90. The van der Waals surface area contributed by atoms with Gasteiger partial charge < -0.3 is 0 Å². The summed E-state index contributed by atoms with van der Waals surface area (Å²) >= 11 is 0. The highest BCUT2D eigenvalue weighted by atomic mass is 32.2. The molecule has 1 aromatic rings. The van der Waals surface area contributed by atoms with Gasteiger partial charge in [0.1, 0.15) is 0 Å². The molecule has 1 heterocycles. The van der Waals surface area contributed by atoms with Gasteiger partial charge in [-0.25, -0.2) is 13.1 Å². The molecule has 1 N–H and O–H groups in total. The van der Waals surface area contributed by atoms with Gasteiger partial charge in [-0.2, -0.15) is 5.26 Å². The molecular weight excluding hydrogens is 334 g/mol. The number of rotatable bonds is 5. The molecular formula is C19H25N3O2S. The van der Waals surface area contributed by atoms with Gasteiger partial charge in [0.2, 0.25) is 10.0 Å². The topological polar surface area (TPSA) is 73.2 Å². The van der Waals surface area contributed by atoms with Crippen LogP contribution in [0.2, 0.25) is 0 Å². The van der Waals surface area contributed by atoms with Crippen LogP contribution >= 0.6 is 0 Å². The summed E-state index contributed by atoms with van der Waals surface area (Å²) in [7, 11) is -3.05. The van der Waals surface area contributed by atoms with Crippen LogP contribution in [0.25, 0.3) is 0 Å². The summed E-state index contributed by atoms with van der Waals surface area (Å²) in [5, 5.41) is 8.89. The van der Waals surface area contributed by atoms with Crippen LogP contribution < -0.4 is 4.72 Å². The van der Waals surface area contributed by atoms with E-state index in [1.54, 1.807) is 0 Å². The van der Waals surface area contributed by atoms with Crippen molar-refractivity contribution in [3.05, 3.63) is 35.4 Å². The molecule has 3 aliphatic rings. The molecule has 0 atom stereocenters. The molecule has 0 bridgehead atoms. The number of hydrogen-bond acceptors (Lipinski definition) is 4. The number of piperidine rings is 1. The van der Waals surface area contributed by atoms with Crippen LogP contribution in [0.3, 0.4) is 0 Å². The van der Waals surface area contributed by atoms with Crippen LogP contribution in [0.5, 0.6) is 0 Å². The van der Waals surface area contributed by atoms with E-state index >= 15 is 0 Å². The van der Waals surface area contributed by atoms with E-state index in [1.807, 2.05) is 18.2 Å². The molecule has 1 saturated heterocycles. The fourth-order valence-electron chi connectivity index (χ4n) is 4.37. The second-order valence-electron chi connectivity index (χ2n) is 8.06. The van der Waals surface area contributed by atoms with Gasteiger partial charge >= 0.3 is 0 Å². The third kappa shape index (κ3) is 3.74. The van der Waals surface area contributed by atoms with Crippen LogP contribution in [0.4, 0.5) is 0 Å². The first-order valence-electron chi connectivity index (χ1n) is 9.21. The number of hydrogen-bond donors (Lipinski definition) is 1. The average molecular weight is 359 g/mol. The summed E-state index contributed by atoms with van der Waals surface area (Å²) in [6.45, 7) is 3.00. The van der Waals surface area contributed by atoms with E-state index in [4.69, 9.17) is 5.26 Å². The number of sulfonamides is 1. The molecule has 2 aliphatic carbocycles. The summed E-state index contributed by atoms with van der Waals surface area (Å²) in [4.78, 5) is 2.45. The second-order valence-corrected chi connectivity index (χ2v) is 10.0. The van der Waals surface area contributed by atoms with Crippen molar-refractivity contribution in [1.82, 2.24) is 9.62 Å². The van der Waals surface area contributed by atoms with Gasteiger partial charge in [0.15, 0.2) is 0 Å². The summed E-state index contributed by atoms with van der Waals surface area (Å²) in [6, 6.07) is 10.2. The van der Waals surface area contributed by atoms with Crippen molar-refractivity contribution in [2.24, 2.45) is 5.41 Å². The van der Waals surface area contributed by atoms with Crippen LogP contribution in [-0.4, -0.2) is 37.7 Å². The average Bonchev–Trinajstić information content (AvgIpc) is 3.41. The Morgan fingerprint density at radius 1 is 1.24 bits per heavy atom. The minimum Gasteiger partial charge on any atom is -0.299 e. The van der Waals surface area contributed by atoms with E-state index in [-0.39, 0.29) is 11.3 Å². The van der Waals surface area contributed by atoms with Gasteiger partial charge in [0.25, 0.3) is 0 Å². The van der Waals surface area contributed by atoms with Gasteiger partial charge in [-0.05, 0) is 74.7 Å². The van der Waals surface area contributed by atoms with E-state index in [0.717, 1.165) is 63.7 Å². The van der Waals surface area contributed by atoms with Crippen LogP contribution in [0.15, 0.2) is 24.3 Å². The van der Waals surface area contributed by atoms with Gasteiger partial charge in [-0.1, -0.05) is 12.1 Å². The predicted octanol–water partition coefficient (Wildman–Crippen LogP) is 2.38. The minimum atomic E-state index is -3.05. The highest BCUT2D eigenvalue weighted by Gasteiger charge is 2.48. The first-order valence-corrected chi connectivity index (χ1v) is 10.8. The SMILES string of the molecule is N#Cc1cccc(CN2CCC3(CC2)CC(NS(=O)(=O)C2CC2)C3)c1. The van der Waals surface area contributed by atoms with Crippen molar-refractivity contribution in [3.63, 3.8) is 0 Å². The number of nitrogens with zero attached hydrogens (tertiary/aromatic N) is 2. The lowest BCUT2D eigenvalue weighted by Crippen LogP contribution is -2.55. The quantitative estimate of drug-likeness (QED) is 0.876. The summed E-state index contributed by atoms with van der Waals surface area (Å²) < 4.78 is 27.0. The number of nitriles is 1. The molecule has 0 radical (unpaired) electrons. The normalized spacial score (nSPS) is 24.0. The minimum absolute atomic E-state index is 0.116. The largest absolute Gasteiger partial charge is 0.299 e. The highest BCUT2D eigenvalue weighted by Crippen LogP contribution is 2.49. The van der Waals surface area contributed by atoms with E-state index in [2.05, 4.69) is 21.8 Å². The molecule has 3 fully saturated rings. The summed E-state index contributed by atoms with van der Waals surface area (Å²) in [6.07, 6.45) is 5.94. The lowest BCUT2D eigenvalue weighted by molar-refractivity contribution is 0.0106. The Kier molecular flexibility index (Phi) is 4.35. The van der Waals surface area contributed by atoms with Crippen molar-refractivity contribution >= 4 is 10.0 Å². The Morgan fingerprint density at radius 2 is 1.96 bits per heavy atom. The molecule has 4 rings (SSSR count). The summed E-state index contributed by atoms with van der Waals surface area (Å²) in [5.74, 6) is 0. The van der Waals surface area contributed by atoms with Crippen molar-refractivity contribution in [1.29, 1.82) is 5.26 Å². The maximum Gasteiger partial charge on any atom is 0.214 e. The zero-order valence-electron chi connectivity index (χ0n) is 14.4. The van der Waals surface area contributed by atoms with Crippen LogP contribution in [0, 0.1) is 16.7 Å². The molecule has 1 aromatic carbocycles. The third-order valence-corrected chi connectivity index (χ3v) is 8.04. The molecule has 0 unspecified atom stereocenters. The van der Waals surface area contributed by atoms with E-state index in [1.165, 1.54) is 5.56 Å². The summed E-state index contributed by atoms with van der Waals surface area (Å²) in [5.41, 5.74) is 2.26. The van der Waals surface area contributed by atoms with Crippen molar-refractivity contribution in [3.8, 4) is 6.07 Å². The maximum atomic E-state index is 12.0. The van der Waals surface area contributed by atoms with Gasteiger partial charge in [-0.15, -0.1) is 0 Å². The predicted molar refractivity (Wildman–Crippen MR) is 96.2 cm³/mol. The monoisotopic (exact) mass is 359 g/mol. The molecule has 1 spiro atoms. The lowest BCUT2D eigenvalue weighted by Gasteiger charge is -2.52. The lowest BCUT2D eigenvalue weighted by atomic mass is 9.60. The van der Waals surface area contributed by atoms with Crippen molar-refractivity contribution < 1.29 is 8.42 Å². The fraction of sp³-hybridized carbons (Fsp3) is 0.632.